The van der Waals surface area contributed by atoms with Gasteiger partial charge in [-0.05, 0) is 71.2 Å². The molecule has 1 aromatic heterocycles. The van der Waals surface area contributed by atoms with E-state index in [1.54, 1.807) is 29.7 Å². The number of fused-ring (bicyclic) bond motifs is 2. The third-order valence-electron chi connectivity index (χ3n) is 7.15. The number of carboxylic acids is 1. The lowest BCUT2D eigenvalue weighted by Crippen LogP contribution is -2.53. The smallest absolute Gasteiger partial charge is 0.323 e. The van der Waals surface area contributed by atoms with Crippen molar-refractivity contribution in [1.29, 1.82) is 0 Å². The van der Waals surface area contributed by atoms with Gasteiger partial charge < -0.3 is 9.94 Å². The van der Waals surface area contributed by atoms with Crippen LogP contribution >= 0.6 is 11.8 Å². The van der Waals surface area contributed by atoms with Gasteiger partial charge in [-0.2, -0.15) is 15.2 Å². The SMILES string of the molecule is Cc1nc(C2=NC3=c4cc(SC5CCN(C(C)(C)C(=O)O)CC5)c(F)cc4=CCCN3O2)n(C(C)C)n1. The van der Waals surface area contributed by atoms with Crippen LogP contribution in [0.5, 0.6) is 0 Å². The van der Waals surface area contributed by atoms with E-state index in [2.05, 4.69) is 10.1 Å². The van der Waals surface area contributed by atoms with Crippen LogP contribution in [0.15, 0.2) is 22.0 Å². The van der Waals surface area contributed by atoms with Gasteiger partial charge in [0.1, 0.15) is 17.2 Å². The van der Waals surface area contributed by atoms with Crippen molar-refractivity contribution in [2.45, 2.75) is 75.6 Å². The first-order valence-corrected chi connectivity index (χ1v) is 13.6. The number of thioether (sulfide) groups is 1. The van der Waals surface area contributed by atoms with Crippen molar-refractivity contribution in [2.75, 3.05) is 19.6 Å². The number of carboxylic acid groups (broad SMARTS) is 1. The van der Waals surface area contributed by atoms with Crippen molar-refractivity contribution < 1.29 is 19.1 Å². The van der Waals surface area contributed by atoms with E-state index in [1.165, 1.54) is 11.8 Å². The predicted octanol–water partition coefficient (Wildman–Crippen LogP) is 2.67. The average molecular weight is 529 g/mol. The Kier molecular flexibility index (Phi) is 6.78. The molecule has 11 heteroatoms. The van der Waals surface area contributed by atoms with E-state index in [9.17, 15) is 9.90 Å². The van der Waals surface area contributed by atoms with Crippen molar-refractivity contribution in [2.24, 2.45) is 4.99 Å². The number of piperidine rings is 1. The number of hydrogen-bond acceptors (Lipinski definition) is 8. The number of hydroxylamine groups is 2. The summed E-state index contributed by atoms with van der Waals surface area (Å²) in [6.45, 7) is 11.3. The lowest BCUT2D eigenvalue weighted by atomic mass is 9.99. The summed E-state index contributed by atoms with van der Waals surface area (Å²) in [5, 5.41) is 17.6. The van der Waals surface area contributed by atoms with Gasteiger partial charge in [0.25, 0.3) is 5.90 Å². The van der Waals surface area contributed by atoms with Crippen molar-refractivity contribution in [3.63, 3.8) is 0 Å². The van der Waals surface area contributed by atoms with Gasteiger partial charge in [-0.1, -0.05) is 6.08 Å². The second-order valence-corrected chi connectivity index (χ2v) is 11.8. The molecule has 1 N–H and O–H groups in total. The Labute approximate surface area is 219 Å². The summed E-state index contributed by atoms with van der Waals surface area (Å²) in [6.07, 6.45) is 4.30. The quantitative estimate of drug-likeness (QED) is 0.612. The molecule has 3 aliphatic heterocycles. The van der Waals surface area contributed by atoms with Crippen LogP contribution in [-0.4, -0.2) is 72.1 Å². The van der Waals surface area contributed by atoms with Crippen LogP contribution in [0.25, 0.3) is 11.9 Å². The Morgan fingerprint density at radius 1 is 1.24 bits per heavy atom. The van der Waals surface area contributed by atoms with E-state index in [-0.39, 0.29) is 17.1 Å². The van der Waals surface area contributed by atoms with Crippen LogP contribution < -0.4 is 10.4 Å². The van der Waals surface area contributed by atoms with Gasteiger partial charge in [-0.3, -0.25) is 9.69 Å². The molecule has 0 spiro atoms. The third kappa shape index (κ3) is 4.86. The zero-order valence-electron chi connectivity index (χ0n) is 21.9. The highest BCUT2D eigenvalue weighted by molar-refractivity contribution is 8.00. The first kappa shape index (κ1) is 25.7. The molecule has 198 valence electrons. The van der Waals surface area contributed by atoms with Crippen LogP contribution in [0, 0.1) is 12.7 Å². The van der Waals surface area contributed by atoms with Gasteiger partial charge in [-0.25, -0.2) is 14.1 Å². The highest BCUT2D eigenvalue weighted by Crippen LogP contribution is 2.33. The summed E-state index contributed by atoms with van der Waals surface area (Å²) in [6, 6.07) is 3.56. The molecule has 0 unspecified atom stereocenters. The van der Waals surface area contributed by atoms with Crippen LogP contribution in [0.2, 0.25) is 0 Å². The van der Waals surface area contributed by atoms with Crippen molar-refractivity contribution in [1.82, 2.24) is 24.7 Å². The number of hydrogen-bond donors (Lipinski definition) is 1. The zero-order chi connectivity index (χ0) is 26.5. The van der Waals surface area contributed by atoms with Gasteiger partial charge in [0, 0.05) is 34.5 Å². The maximum atomic E-state index is 15.2. The number of aromatic nitrogens is 3. The Bertz CT molecular complexity index is 1380. The summed E-state index contributed by atoms with van der Waals surface area (Å²) in [5.41, 5.74) is -0.905. The Morgan fingerprint density at radius 3 is 2.65 bits per heavy atom. The van der Waals surface area contributed by atoms with E-state index in [0.717, 1.165) is 23.3 Å². The number of rotatable bonds is 6. The van der Waals surface area contributed by atoms with E-state index >= 15 is 4.39 Å². The number of likely N-dealkylation sites (tertiary alicyclic amines) is 1. The Balaban J connectivity index is 1.46. The first-order valence-electron chi connectivity index (χ1n) is 12.7. The normalized spacial score (nSPS) is 18.7. The van der Waals surface area contributed by atoms with E-state index in [1.807, 2.05) is 37.8 Å². The second kappa shape index (κ2) is 9.75. The maximum Gasteiger partial charge on any atom is 0.323 e. The van der Waals surface area contributed by atoms with Crippen molar-refractivity contribution in [3.8, 4) is 0 Å². The molecule has 1 fully saturated rings. The number of carbonyl (C=O) groups is 1. The van der Waals surface area contributed by atoms with Crippen molar-refractivity contribution >= 4 is 35.5 Å². The molecular weight excluding hydrogens is 495 g/mol. The van der Waals surface area contributed by atoms with Crippen molar-refractivity contribution in [3.05, 3.63) is 40.0 Å². The molecule has 0 aliphatic carbocycles. The Morgan fingerprint density at radius 2 is 1.97 bits per heavy atom. The number of aryl methyl sites for hydroxylation is 1. The van der Waals surface area contributed by atoms with Gasteiger partial charge in [-0.15, -0.1) is 11.8 Å². The molecular formula is C26H33FN6O3S. The summed E-state index contributed by atoms with van der Waals surface area (Å²) >= 11 is 1.52. The molecule has 9 nitrogen and oxygen atoms in total. The van der Waals surface area contributed by atoms with E-state index in [0.29, 0.717) is 54.3 Å². The van der Waals surface area contributed by atoms with Gasteiger partial charge >= 0.3 is 5.97 Å². The molecule has 5 rings (SSSR count). The highest BCUT2D eigenvalue weighted by atomic mass is 32.2. The molecule has 3 aliphatic rings. The largest absolute Gasteiger partial charge is 0.480 e. The number of aliphatic carboxylic acids is 1. The summed E-state index contributed by atoms with van der Waals surface area (Å²) in [5.74, 6) is 1.19. The van der Waals surface area contributed by atoms with Crippen LogP contribution in [0.4, 0.5) is 4.39 Å². The second-order valence-electron chi connectivity index (χ2n) is 10.5. The molecule has 0 radical (unpaired) electrons. The topological polar surface area (TPSA) is 96.1 Å². The molecule has 0 atom stereocenters. The fourth-order valence-corrected chi connectivity index (χ4v) is 6.06. The fraction of sp³-hybridized carbons (Fsp3) is 0.538. The number of benzene rings is 1. The summed E-state index contributed by atoms with van der Waals surface area (Å²) in [4.78, 5) is 29.7. The monoisotopic (exact) mass is 528 g/mol. The molecule has 4 heterocycles. The molecule has 37 heavy (non-hydrogen) atoms. The lowest BCUT2D eigenvalue weighted by Gasteiger charge is -2.40. The molecule has 0 saturated carbocycles. The maximum absolute atomic E-state index is 15.2. The number of halogens is 1. The van der Waals surface area contributed by atoms with Gasteiger partial charge in [0.2, 0.25) is 5.82 Å². The van der Waals surface area contributed by atoms with Crippen LogP contribution in [0.3, 0.4) is 0 Å². The summed E-state index contributed by atoms with van der Waals surface area (Å²) < 4.78 is 17.0. The van der Waals surface area contributed by atoms with E-state index < -0.39 is 11.5 Å². The van der Waals surface area contributed by atoms with Gasteiger partial charge in [0.15, 0.2) is 5.82 Å². The minimum absolute atomic E-state index is 0.0955. The van der Waals surface area contributed by atoms with E-state index in [4.69, 9.17) is 9.83 Å². The molecule has 2 aromatic rings. The van der Waals surface area contributed by atoms with Crippen LogP contribution in [-0.2, 0) is 9.63 Å². The third-order valence-corrected chi connectivity index (χ3v) is 8.52. The highest BCUT2D eigenvalue weighted by Gasteiger charge is 2.37. The average Bonchev–Trinajstić information content (AvgIpc) is 3.40. The molecule has 1 saturated heterocycles. The Hall–Kier alpha value is -2.92. The van der Waals surface area contributed by atoms with Gasteiger partial charge in [0.05, 0.1) is 6.54 Å². The fourth-order valence-electron chi connectivity index (χ4n) is 4.90. The molecule has 0 amide bonds. The predicted molar refractivity (Wildman–Crippen MR) is 140 cm³/mol. The van der Waals surface area contributed by atoms with Crippen LogP contribution in [0.1, 0.15) is 64.6 Å². The lowest BCUT2D eigenvalue weighted by molar-refractivity contribution is -0.149. The minimum Gasteiger partial charge on any atom is -0.480 e. The summed E-state index contributed by atoms with van der Waals surface area (Å²) in [7, 11) is 0. The number of nitrogens with zero attached hydrogens (tertiary/aromatic N) is 6. The molecule has 1 aromatic carbocycles. The minimum atomic E-state index is -0.905. The number of aliphatic imine (C=N–C) groups is 1. The standard InChI is InChI=1S/C26H33FN6O3S/c1-15(2)33-23(28-16(3)30-33)24-29-22-19-14-21(20(27)13-17(19)7-6-10-32(22)36-24)37-18-8-11-31(12-9-18)26(4,5)25(34)35/h7,13-15,18H,6,8-12H2,1-5H3,(H,34,35). The molecule has 0 bridgehead atoms. The zero-order valence-corrected chi connectivity index (χ0v) is 22.7. The first-order chi connectivity index (χ1) is 17.5.